The summed E-state index contributed by atoms with van der Waals surface area (Å²) in [5, 5.41) is 0.370. The van der Waals surface area contributed by atoms with Crippen molar-refractivity contribution in [3.05, 3.63) is 55.9 Å². The molecule has 2 aromatic rings. The molecule has 0 spiro atoms. The minimum Gasteiger partial charge on any atom is -0.483 e. The molecule has 0 saturated carbocycles. The van der Waals surface area contributed by atoms with Gasteiger partial charge in [0, 0.05) is 4.47 Å². The second-order valence-corrected chi connectivity index (χ2v) is 8.42. The smallest absolute Gasteiger partial charge is 0.276 e. The van der Waals surface area contributed by atoms with Gasteiger partial charge in [0.2, 0.25) is 0 Å². The van der Waals surface area contributed by atoms with Gasteiger partial charge in [-0.25, -0.2) is 0 Å². The van der Waals surface area contributed by atoms with E-state index in [1.165, 1.54) is 5.56 Å². The number of benzene rings is 2. The second-order valence-electron chi connectivity index (χ2n) is 6.25. The fraction of sp³-hybridized carbons (Fsp3) is 0.300. The third-order valence-electron chi connectivity index (χ3n) is 4.09. The molecule has 0 aliphatic heterocycles. The van der Waals surface area contributed by atoms with Crippen molar-refractivity contribution in [3.63, 3.8) is 0 Å². The van der Waals surface area contributed by atoms with E-state index in [-0.39, 0.29) is 13.2 Å². The summed E-state index contributed by atoms with van der Waals surface area (Å²) in [6, 6.07) is 10.8. The number of hydrogen-bond donors (Lipinski definition) is 2. The van der Waals surface area contributed by atoms with Crippen molar-refractivity contribution in [2.24, 2.45) is 0 Å². The molecule has 0 aromatic heterocycles. The normalized spacial score (nSPS) is 11.5. The minimum absolute atomic E-state index is 0.249. The highest BCUT2D eigenvalue weighted by atomic mass is 79.9. The van der Waals surface area contributed by atoms with Gasteiger partial charge in [0.1, 0.15) is 11.5 Å². The minimum atomic E-state index is -0.531. The quantitative estimate of drug-likeness (QED) is 0.456. The molecule has 0 bridgehead atoms. The zero-order valence-corrected chi connectivity index (χ0v) is 19.9. The predicted octanol–water partition coefficient (Wildman–Crippen LogP) is 4.98. The number of halogens is 3. The second kappa shape index (κ2) is 11.4. The van der Waals surface area contributed by atoms with Gasteiger partial charge in [0.15, 0.2) is 13.2 Å². The molecular formula is C20H21Br2ClN2O4. The lowest BCUT2D eigenvalue weighted by atomic mass is 9.99. The van der Waals surface area contributed by atoms with E-state index >= 15 is 0 Å². The molecule has 29 heavy (non-hydrogen) atoms. The van der Waals surface area contributed by atoms with E-state index in [9.17, 15) is 9.59 Å². The van der Waals surface area contributed by atoms with Crippen LogP contribution in [0.3, 0.4) is 0 Å². The van der Waals surface area contributed by atoms with E-state index in [1.54, 1.807) is 18.2 Å². The molecular weight excluding hydrogens is 527 g/mol. The van der Waals surface area contributed by atoms with Crippen LogP contribution in [-0.4, -0.2) is 25.0 Å². The fourth-order valence-corrected chi connectivity index (χ4v) is 3.51. The lowest BCUT2D eigenvalue weighted by Gasteiger charge is -2.13. The number of carbonyl (C=O) groups is 2. The van der Waals surface area contributed by atoms with Gasteiger partial charge in [-0.1, -0.05) is 47.4 Å². The summed E-state index contributed by atoms with van der Waals surface area (Å²) in [6.45, 7) is 3.72. The Morgan fingerprint density at radius 2 is 1.59 bits per heavy atom. The van der Waals surface area contributed by atoms with E-state index in [0.29, 0.717) is 22.4 Å². The molecule has 0 saturated heterocycles. The first kappa shape index (κ1) is 23.5. The van der Waals surface area contributed by atoms with Crippen LogP contribution in [0.4, 0.5) is 0 Å². The summed E-state index contributed by atoms with van der Waals surface area (Å²) in [5.74, 6) is 0.319. The molecule has 6 nitrogen and oxygen atoms in total. The van der Waals surface area contributed by atoms with Crippen molar-refractivity contribution in [2.75, 3.05) is 13.2 Å². The first-order valence-corrected chi connectivity index (χ1v) is 10.8. The monoisotopic (exact) mass is 546 g/mol. The molecule has 1 atom stereocenters. The number of nitrogens with one attached hydrogen (secondary N) is 2. The van der Waals surface area contributed by atoms with Crippen LogP contribution in [0.15, 0.2) is 45.3 Å². The van der Waals surface area contributed by atoms with Gasteiger partial charge in [-0.05, 0) is 64.2 Å². The molecule has 1 unspecified atom stereocenters. The molecule has 156 valence electrons. The Balaban J connectivity index is 1.74. The van der Waals surface area contributed by atoms with E-state index < -0.39 is 11.8 Å². The lowest BCUT2D eigenvalue weighted by molar-refractivity contribution is -0.131. The van der Waals surface area contributed by atoms with Crippen molar-refractivity contribution in [1.82, 2.24) is 10.9 Å². The fourth-order valence-electron chi connectivity index (χ4n) is 2.27. The van der Waals surface area contributed by atoms with Gasteiger partial charge in [0.25, 0.3) is 11.8 Å². The Morgan fingerprint density at radius 3 is 2.14 bits per heavy atom. The molecule has 0 aliphatic carbocycles. The van der Waals surface area contributed by atoms with Crippen LogP contribution in [0.2, 0.25) is 5.02 Å². The third-order valence-corrected chi connectivity index (χ3v) is 5.50. The standard InChI is InChI=1S/C20H21Br2ClN2O4/c1-3-12(2)13-4-6-17(15(22)8-13)28-10-19(26)24-25-20(27)11-29-18-7-5-14(21)9-16(18)23/h4-9,12H,3,10-11H2,1-2H3,(H,24,26)(H,25,27). The van der Waals surface area contributed by atoms with Crippen molar-refractivity contribution in [1.29, 1.82) is 0 Å². The van der Waals surface area contributed by atoms with Gasteiger partial charge < -0.3 is 9.47 Å². The zero-order valence-electron chi connectivity index (χ0n) is 15.9. The Morgan fingerprint density at radius 1 is 1.00 bits per heavy atom. The number of ether oxygens (including phenoxy) is 2. The number of hydrogen-bond acceptors (Lipinski definition) is 4. The Labute approximate surface area is 191 Å². The van der Waals surface area contributed by atoms with Crippen LogP contribution in [-0.2, 0) is 9.59 Å². The highest BCUT2D eigenvalue weighted by molar-refractivity contribution is 9.10. The Hall–Kier alpha value is -1.77. The first-order valence-electron chi connectivity index (χ1n) is 8.88. The van der Waals surface area contributed by atoms with Crippen LogP contribution >= 0.6 is 43.5 Å². The average molecular weight is 549 g/mol. The highest BCUT2D eigenvalue weighted by Gasteiger charge is 2.11. The number of amides is 2. The maximum Gasteiger partial charge on any atom is 0.276 e. The van der Waals surface area contributed by atoms with Crippen molar-refractivity contribution in [3.8, 4) is 11.5 Å². The molecule has 9 heteroatoms. The van der Waals surface area contributed by atoms with Gasteiger partial charge in [0.05, 0.1) is 9.50 Å². The van der Waals surface area contributed by atoms with Crippen molar-refractivity contribution in [2.45, 2.75) is 26.2 Å². The van der Waals surface area contributed by atoms with E-state index in [1.807, 2.05) is 18.2 Å². The molecule has 2 aromatic carbocycles. The van der Waals surface area contributed by atoms with Crippen LogP contribution in [0, 0.1) is 0 Å². The number of carbonyl (C=O) groups excluding carboxylic acids is 2. The van der Waals surface area contributed by atoms with Crippen LogP contribution in [0.1, 0.15) is 31.7 Å². The maximum absolute atomic E-state index is 11.9. The van der Waals surface area contributed by atoms with E-state index in [4.69, 9.17) is 21.1 Å². The summed E-state index contributed by atoms with van der Waals surface area (Å²) in [4.78, 5) is 23.7. The van der Waals surface area contributed by atoms with Crippen LogP contribution < -0.4 is 20.3 Å². The molecule has 2 rings (SSSR count). The summed E-state index contributed by atoms with van der Waals surface area (Å²) in [7, 11) is 0. The van der Waals surface area contributed by atoms with Crippen molar-refractivity contribution >= 4 is 55.3 Å². The van der Waals surface area contributed by atoms with E-state index in [0.717, 1.165) is 15.4 Å². The molecule has 2 amide bonds. The SMILES string of the molecule is CCC(C)c1ccc(OCC(=O)NNC(=O)COc2ccc(Br)cc2Cl)c(Br)c1. The Kier molecular flexibility index (Phi) is 9.26. The van der Waals surface area contributed by atoms with Gasteiger partial charge in [-0.3, -0.25) is 20.4 Å². The largest absolute Gasteiger partial charge is 0.483 e. The summed E-state index contributed by atoms with van der Waals surface area (Å²) < 4.78 is 12.4. The van der Waals surface area contributed by atoms with Crippen LogP contribution in [0.25, 0.3) is 0 Å². The number of hydrazine groups is 1. The molecule has 0 fully saturated rings. The van der Waals surface area contributed by atoms with Gasteiger partial charge in [-0.2, -0.15) is 0 Å². The predicted molar refractivity (Wildman–Crippen MR) is 119 cm³/mol. The Bertz CT molecular complexity index is 880. The topological polar surface area (TPSA) is 76.7 Å². The van der Waals surface area contributed by atoms with E-state index in [2.05, 4.69) is 56.6 Å². The zero-order chi connectivity index (χ0) is 21.4. The molecule has 0 aliphatic rings. The van der Waals surface area contributed by atoms with Gasteiger partial charge >= 0.3 is 0 Å². The molecule has 0 heterocycles. The lowest BCUT2D eigenvalue weighted by Crippen LogP contribution is -2.45. The summed E-state index contributed by atoms with van der Waals surface area (Å²) in [6.07, 6.45) is 1.03. The molecule has 2 N–H and O–H groups in total. The number of rotatable bonds is 8. The third kappa shape index (κ3) is 7.53. The van der Waals surface area contributed by atoms with Crippen molar-refractivity contribution < 1.29 is 19.1 Å². The van der Waals surface area contributed by atoms with Gasteiger partial charge in [-0.15, -0.1) is 0 Å². The molecule has 0 radical (unpaired) electrons. The summed E-state index contributed by atoms with van der Waals surface area (Å²) in [5.41, 5.74) is 5.72. The maximum atomic E-state index is 11.9. The first-order chi connectivity index (χ1) is 13.8. The highest BCUT2D eigenvalue weighted by Crippen LogP contribution is 2.30. The average Bonchev–Trinajstić information content (AvgIpc) is 2.70. The summed E-state index contributed by atoms with van der Waals surface area (Å²) >= 11 is 12.7. The van der Waals surface area contributed by atoms with Crippen LogP contribution in [0.5, 0.6) is 11.5 Å².